The van der Waals surface area contributed by atoms with Gasteiger partial charge in [0.25, 0.3) is 0 Å². The van der Waals surface area contributed by atoms with Crippen LogP contribution in [0.5, 0.6) is 0 Å². The Kier molecular flexibility index (Phi) is 4.57. The van der Waals surface area contributed by atoms with E-state index in [1.54, 1.807) is 35.7 Å². The summed E-state index contributed by atoms with van der Waals surface area (Å²) in [7, 11) is 3.50. The number of aliphatic hydroxyl groups excluding tert-OH is 1. The van der Waals surface area contributed by atoms with Crippen LogP contribution in [0.2, 0.25) is 0 Å². The molecule has 158 valence electrons. The number of hydrogen-bond acceptors (Lipinski definition) is 7. The highest BCUT2D eigenvalue weighted by Crippen LogP contribution is 2.44. The Bertz CT molecular complexity index is 1290. The van der Waals surface area contributed by atoms with Gasteiger partial charge in [0.2, 0.25) is 0 Å². The maximum Gasteiger partial charge on any atom is 0.0999 e. The molecule has 1 saturated carbocycles. The van der Waals surface area contributed by atoms with Crippen LogP contribution < -0.4 is 0 Å². The van der Waals surface area contributed by atoms with E-state index in [0.717, 1.165) is 35.2 Å². The summed E-state index contributed by atoms with van der Waals surface area (Å²) in [5.41, 5.74) is 4.01. The number of hydrogen-bond donors (Lipinski definition) is 1. The molecule has 5 rings (SSSR count). The van der Waals surface area contributed by atoms with Crippen LogP contribution in [0.15, 0.2) is 37.1 Å². The minimum absolute atomic E-state index is 0.145. The van der Waals surface area contributed by atoms with Gasteiger partial charge in [-0.3, -0.25) is 9.36 Å². The van der Waals surface area contributed by atoms with Crippen LogP contribution in [0.25, 0.3) is 28.0 Å². The van der Waals surface area contributed by atoms with Gasteiger partial charge in [0.15, 0.2) is 0 Å². The number of ether oxygens (including phenoxy) is 1. The molecule has 0 saturated heterocycles. The van der Waals surface area contributed by atoms with Crippen molar-refractivity contribution in [1.82, 2.24) is 34.2 Å². The summed E-state index contributed by atoms with van der Waals surface area (Å²) >= 11 is 0. The van der Waals surface area contributed by atoms with Gasteiger partial charge in [0, 0.05) is 37.7 Å². The molecule has 10 heteroatoms. The standard InChI is InChI=1S/C21H22N8O2/c1-27-11-16(18(13-30)26-27)17-12-28-19(3-6-23-28)20(25-17)14-9-24-29(10-14)21(4-5-22)7-15(8-21)31-2/h3,6,9-12,15,30H,4,7-8,13H2,1-2H3/t15-,21+. The average Bonchev–Trinajstić information content (AvgIpc) is 3.48. The molecule has 0 unspecified atom stereocenters. The number of aryl methyl sites for hydroxylation is 1. The number of aliphatic hydroxyl groups is 1. The normalized spacial score (nSPS) is 20.6. The molecule has 4 heterocycles. The van der Waals surface area contributed by atoms with E-state index in [0.29, 0.717) is 17.8 Å². The fourth-order valence-electron chi connectivity index (χ4n) is 4.35. The summed E-state index contributed by atoms with van der Waals surface area (Å²) in [5.74, 6) is 0. The molecule has 0 spiro atoms. The van der Waals surface area contributed by atoms with Crippen LogP contribution >= 0.6 is 0 Å². The largest absolute Gasteiger partial charge is 0.390 e. The Labute approximate surface area is 178 Å². The second kappa shape index (κ2) is 7.30. The summed E-state index contributed by atoms with van der Waals surface area (Å²) in [5, 5.41) is 32.3. The van der Waals surface area contributed by atoms with Crippen molar-refractivity contribution in [3.05, 3.63) is 42.7 Å². The number of nitrogens with zero attached hydrogens (tertiary/aromatic N) is 8. The molecule has 0 amide bonds. The fourth-order valence-corrected chi connectivity index (χ4v) is 4.35. The Morgan fingerprint density at radius 3 is 2.87 bits per heavy atom. The summed E-state index contributed by atoms with van der Waals surface area (Å²) in [6, 6.07) is 4.19. The summed E-state index contributed by atoms with van der Waals surface area (Å²) in [4.78, 5) is 4.88. The van der Waals surface area contributed by atoms with Gasteiger partial charge in [0.05, 0.1) is 71.9 Å². The number of rotatable bonds is 6. The molecular weight excluding hydrogens is 396 g/mol. The maximum atomic E-state index is 9.70. The molecular formula is C21H22N8O2. The minimum Gasteiger partial charge on any atom is -0.390 e. The monoisotopic (exact) mass is 418 g/mol. The van der Waals surface area contributed by atoms with Crippen molar-refractivity contribution in [3.63, 3.8) is 0 Å². The summed E-state index contributed by atoms with van der Waals surface area (Å²) in [6.07, 6.45) is 11.1. The van der Waals surface area contributed by atoms with E-state index in [9.17, 15) is 10.4 Å². The van der Waals surface area contributed by atoms with E-state index in [1.807, 2.05) is 29.3 Å². The molecule has 1 aliphatic rings. The number of methoxy groups -OCH3 is 1. The highest BCUT2D eigenvalue weighted by molar-refractivity contribution is 5.78. The third-order valence-electron chi connectivity index (χ3n) is 6.02. The molecule has 0 aliphatic heterocycles. The Hall–Kier alpha value is -3.55. The molecule has 0 aromatic carbocycles. The summed E-state index contributed by atoms with van der Waals surface area (Å²) < 4.78 is 10.7. The smallest absolute Gasteiger partial charge is 0.0999 e. The summed E-state index contributed by atoms with van der Waals surface area (Å²) in [6.45, 7) is -0.181. The SMILES string of the molecule is CO[C@H]1C[C@@](CC#N)(n2cc(-c3nc(-c4cn(C)nc4CO)cn4nccc34)cn2)C1. The molecule has 1 aliphatic carbocycles. The van der Waals surface area contributed by atoms with Crippen molar-refractivity contribution >= 4 is 5.52 Å². The van der Waals surface area contributed by atoms with Crippen LogP contribution in [-0.4, -0.2) is 52.5 Å². The van der Waals surface area contributed by atoms with E-state index in [2.05, 4.69) is 21.4 Å². The van der Waals surface area contributed by atoms with Crippen molar-refractivity contribution in [2.75, 3.05) is 7.11 Å². The van der Waals surface area contributed by atoms with Crippen molar-refractivity contribution in [2.45, 2.75) is 37.5 Å². The van der Waals surface area contributed by atoms with E-state index in [4.69, 9.17) is 9.72 Å². The lowest BCUT2D eigenvalue weighted by molar-refractivity contribution is -0.0542. The molecule has 4 aromatic rings. The number of nitriles is 1. The Morgan fingerprint density at radius 1 is 1.29 bits per heavy atom. The van der Waals surface area contributed by atoms with Gasteiger partial charge in [0.1, 0.15) is 0 Å². The lowest BCUT2D eigenvalue weighted by Gasteiger charge is -2.45. The second-order valence-corrected chi connectivity index (χ2v) is 7.96. The van der Waals surface area contributed by atoms with Crippen molar-refractivity contribution in [2.24, 2.45) is 7.05 Å². The van der Waals surface area contributed by atoms with Gasteiger partial charge in [-0.25, -0.2) is 9.50 Å². The third kappa shape index (κ3) is 3.10. The van der Waals surface area contributed by atoms with E-state index in [-0.39, 0.29) is 18.2 Å². The number of fused-ring (bicyclic) bond motifs is 1. The zero-order valence-electron chi connectivity index (χ0n) is 17.3. The van der Waals surface area contributed by atoms with Gasteiger partial charge in [-0.15, -0.1) is 0 Å². The first kappa shape index (κ1) is 19.4. The Balaban J connectivity index is 1.60. The predicted octanol–water partition coefficient (Wildman–Crippen LogP) is 1.90. The van der Waals surface area contributed by atoms with Gasteiger partial charge in [-0.1, -0.05) is 0 Å². The minimum atomic E-state index is -0.352. The van der Waals surface area contributed by atoms with Gasteiger partial charge >= 0.3 is 0 Å². The lowest BCUT2D eigenvalue weighted by atomic mass is 9.72. The van der Waals surface area contributed by atoms with Gasteiger partial charge < -0.3 is 9.84 Å². The average molecular weight is 418 g/mol. The van der Waals surface area contributed by atoms with Crippen LogP contribution in [0.4, 0.5) is 0 Å². The first-order chi connectivity index (χ1) is 15.1. The molecule has 0 atom stereocenters. The number of aromatic nitrogens is 7. The molecule has 4 aromatic heterocycles. The topological polar surface area (TPSA) is 119 Å². The zero-order valence-corrected chi connectivity index (χ0v) is 17.3. The van der Waals surface area contributed by atoms with Crippen molar-refractivity contribution < 1.29 is 9.84 Å². The molecule has 10 nitrogen and oxygen atoms in total. The van der Waals surface area contributed by atoms with E-state index >= 15 is 0 Å². The van der Waals surface area contributed by atoms with E-state index < -0.39 is 0 Å². The van der Waals surface area contributed by atoms with Crippen LogP contribution in [0.1, 0.15) is 25.0 Å². The van der Waals surface area contributed by atoms with Gasteiger partial charge in [-0.05, 0) is 18.9 Å². The molecule has 0 radical (unpaired) electrons. The first-order valence-electron chi connectivity index (χ1n) is 10.0. The predicted molar refractivity (Wildman–Crippen MR) is 111 cm³/mol. The van der Waals surface area contributed by atoms with E-state index in [1.165, 1.54) is 0 Å². The van der Waals surface area contributed by atoms with Crippen LogP contribution in [0.3, 0.4) is 0 Å². The van der Waals surface area contributed by atoms with Crippen molar-refractivity contribution in [1.29, 1.82) is 5.26 Å². The Morgan fingerprint density at radius 2 is 2.13 bits per heavy atom. The third-order valence-corrected chi connectivity index (χ3v) is 6.02. The fraction of sp³-hybridized carbons (Fsp3) is 0.381. The zero-order chi connectivity index (χ0) is 21.6. The van der Waals surface area contributed by atoms with Crippen LogP contribution in [-0.2, 0) is 23.9 Å². The maximum absolute atomic E-state index is 9.70. The molecule has 31 heavy (non-hydrogen) atoms. The lowest BCUT2D eigenvalue weighted by Crippen LogP contribution is -2.50. The first-order valence-corrected chi connectivity index (χ1v) is 10.0. The molecule has 1 fully saturated rings. The van der Waals surface area contributed by atoms with Crippen LogP contribution in [0, 0.1) is 11.3 Å². The quantitative estimate of drug-likeness (QED) is 0.508. The molecule has 0 bridgehead atoms. The highest BCUT2D eigenvalue weighted by Gasteiger charge is 2.47. The second-order valence-electron chi connectivity index (χ2n) is 7.96. The molecule has 1 N–H and O–H groups in total. The van der Waals surface area contributed by atoms with Gasteiger partial charge in [-0.2, -0.15) is 20.6 Å². The highest BCUT2D eigenvalue weighted by atomic mass is 16.5. The van der Waals surface area contributed by atoms with Crippen molar-refractivity contribution in [3.8, 4) is 28.6 Å².